The fourth-order valence-electron chi connectivity index (χ4n) is 3.19. The van der Waals surface area contributed by atoms with Crippen molar-refractivity contribution in [2.24, 2.45) is 0 Å². The summed E-state index contributed by atoms with van der Waals surface area (Å²) in [5.41, 5.74) is 2.70. The number of hydrogen-bond acceptors (Lipinski definition) is 4. The molecule has 0 radical (unpaired) electrons. The number of rotatable bonds is 4. The Morgan fingerprint density at radius 2 is 1.85 bits per heavy atom. The number of amides is 1. The van der Waals surface area contributed by atoms with Gasteiger partial charge in [0.15, 0.2) is 0 Å². The molecule has 1 N–H and O–H groups in total. The number of nitrogens with zero attached hydrogens (tertiary/aromatic N) is 2. The molecule has 0 bridgehead atoms. The molecular formula is C22H21N3O2. The molecule has 5 heteroatoms. The number of para-hydroxylation sites is 2. The molecule has 1 atom stereocenters. The van der Waals surface area contributed by atoms with Gasteiger partial charge in [0.05, 0.1) is 11.6 Å². The molecular weight excluding hydrogens is 338 g/mol. The molecule has 1 aliphatic rings. The third-order valence-corrected chi connectivity index (χ3v) is 4.71. The van der Waals surface area contributed by atoms with Crippen molar-refractivity contribution in [1.29, 1.82) is 0 Å². The van der Waals surface area contributed by atoms with Crippen molar-refractivity contribution in [3.05, 3.63) is 84.1 Å². The lowest BCUT2D eigenvalue weighted by Crippen LogP contribution is -2.42. The summed E-state index contributed by atoms with van der Waals surface area (Å²) in [6, 6.07) is 21.5. The van der Waals surface area contributed by atoms with Gasteiger partial charge >= 0.3 is 0 Å². The van der Waals surface area contributed by atoms with Crippen molar-refractivity contribution in [2.75, 3.05) is 18.6 Å². The largest absolute Gasteiger partial charge is 0.491 e. The van der Waals surface area contributed by atoms with Crippen molar-refractivity contribution >= 4 is 17.4 Å². The smallest absolute Gasteiger partial charge is 0.253 e. The zero-order valence-electron chi connectivity index (χ0n) is 15.1. The molecule has 1 unspecified atom stereocenters. The maximum atomic E-state index is 12.6. The highest BCUT2D eigenvalue weighted by Gasteiger charge is 2.21. The summed E-state index contributed by atoms with van der Waals surface area (Å²) in [7, 11) is 1.95. The molecule has 1 aromatic heterocycles. The van der Waals surface area contributed by atoms with Crippen molar-refractivity contribution in [2.45, 2.75) is 12.5 Å². The molecule has 1 aliphatic heterocycles. The zero-order chi connectivity index (χ0) is 18.6. The van der Waals surface area contributed by atoms with Gasteiger partial charge < -0.3 is 15.0 Å². The summed E-state index contributed by atoms with van der Waals surface area (Å²) >= 11 is 0. The second-order valence-corrected chi connectivity index (χ2v) is 6.59. The minimum atomic E-state index is -0.135. The van der Waals surface area contributed by atoms with Crippen LogP contribution in [-0.4, -0.2) is 30.6 Å². The van der Waals surface area contributed by atoms with E-state index < -0.39 is 0 Å². The number of pyridine rings is 1. The van der Waals surface area contributed by atoms with Gasteiger partial charge in [0.25, 0.3) is 5.91 Å². The number of hydrogen-bond donors (Lipinski definition) is 1. The van der Waals surface area contributed by atoms with E-state index in [1.54, 1.807) is 12.3 Å². The standard InChI is InChI=1S/C22H21N3O2/c1-25(19-8-3-2-4-9-19)21-12-11-17(14-23-21)22(26)24-18-13-16-7-5-6-10-20(16)27-15-18/h2-12,14,18H,13,15H2,1H3,(H,24,26). The molecule has 27 heavy (non-hydrogen) atoms. The number of nitrogens with one attached hydrogen (secondary N) is 1. The van der Waals surface area contributed by atoms with Crippen molar-refractivity contribution < 1.29 is 9.53 Å². The molecule has 1 amide bonds. The molecule has 2 heterocycles. The quantitative estimate of drug-likeness (QED) is 0.774. The van der Waals surface area contributed by atoms with E-state index in [1.807, 2.05) is 72.6 Å². The number of aromatic nitrogens is 1. The maximum Gasteiger partial charge on any atom is 0.253 e. The van der Waals surface area contributed by atoms with Crippen LogP contribution in [-0.2, 0) is 6.42 Å². The van der Waals surface area contributed by atoms with Crippen LogP contribution in [0, 0.1) is 0 Å². The lowest BCUT2D eigenvalue weighted by atomic mass is 10.0. The summed E-state index contributed by atoms with van der Waals surface area (Å²) < 4.78 is 5.74. The van der Waals surface area contributed by atoms with E-state index >= 15 is 0 Å². The zero-order valence-corrected chi connectivity index (χ0v) is 15.1. The van der Waals surface area contributed by atoms with Gasteiger partial charge in [-0.05, 0) is 42.3 Å². The van der Waals surface area contributed by atoms with E-state index in [1.165, 1.54) is 0 Å². The lowest BCUT2D eigenvalue weighted by molar-refractivity contribution is 0.0915. The maximum absolute atomic E-state index is 12.6. The van der Waals surface area contributed by atoms with Gasteiger partial charge in [-0.1, -0.05) is 36.4 Å². The molecule has 0 saturated carbocycles. The number of carbonyl (C=O) groups is 1. The summed E-state index contributed by atoms with van der Waals surface area (Å²) in [4.78, 5) is 19.0. The molecule has 136 valence electrons. The van der Waals surface area contributed by atoms with E-state index in [4.69, 9.17) is 4.74 Å². The van der Waals surface area contributed by atoms with E-state index in [2.05, 4.69) is 10.3 Å². The van der Waals surface area contributed by atoms with Crippen LogP contribution in [0.25, 0.3) is 0 Å². The number of fused-ring (bicyclic) bond motifs is 1. The highest BCUT2D eigenvalue weighted by molar-refractivity contribution is 5.94. The van der Waals surface area contributed by atoms with Crippen LogP contribution in [0.4, 0.5) is 11.5 Å². The predicted octanol–water partition coefficient (Wildman–Crippen LogP) is 3.58. The summed E-state index contributed by atoms with van der Waals surface area (Å²) in [5.74, 6) is 1.55. The fraction of sp³-hybridized carbons (Fsp3) is 0.182. The fourth-order valence-corrected chi connectivity index (χ4v) is 3.19. The number of benzene rings is 2. The summed E-state index contributed by atoms with van der Waals surface area (Å²) in [6.07, 6.45) is 2.38. The minimum absolute atomic E-state index is 0.0425. The second-order valence-electron chi connectivity index (χ2n) is 6.59. The van der Waals surface area contributed by atoms with Gasteiger partial charge in [0.1, 0.15) is 18.2 Å². The van der Waals surface area contributed by atoms with Crippen molar-refractivity contribution in [3.8, 4) is 5.75 Å². The first-order valence-corrected chi connectivity index (χ1v) is 8.97. The molecule has 5 nitrogen and oxygen atoms in total. The number of ether oxygens (including phenoxy) is 1. The van der Waals surface area contributed by atoms with Crippen molar-refractivity contribution in [1.82, 2.24) is 10.3 Å². The lowest BCUT2D eigenvalue weighted by Gasteiger charge is -2.26. The topological polar surface area (TPSA) is 54.5 Å². The molecule has 3 aromatic rings. The van der Waals surface area contributed by atoms with Crippen LogP contribution in [0.15, 0.2) is 72.9 Å². The molecule has 0 fully saturated rings. The Hall–Kier alpha value is -3.34. The average molecular weight is 359 g/mol. The first-order valence-electron chi connectivity index (χ1n) is 8.97. The Morgan fingerprint density at radius 1 is 1.07 bits per heavy atom. The summed E-state index contributed by atoms with van der Waals surface area (Å²) in [6.45, 7) is 0.477. The third kappa shape index (κ3) is 3.77. The van der Waals surface area contributed by atoms with Crippen LogP contribution in [0.5, 0.6) is 5.75 Å². The van der Waals surface area contributed by atoms with E-state index in [9.17, 15) is 4.79 Å². The Balaban J connectivity index is 1.41. The SMILES string of the molecule is CN(c1ccccc1)c1ccc(C(=O)NC2COc3ccccc3C2)cn1. The van der Waals surface area contributed by atoms with Gasteiger partial charge in [-0.2, -0.15) is 0 Å². The molecule has 0 spiro atoms. The minimum Gasteiger partial charge on any atom is -0.491 e. The second kappa shape index (κ2) is 7.50. The van der Waals surface area contributed by atoms with E-state index in [-0.39, 0.29) is 11.9 Å². The Bertz CT molecular complexity index is 926. The highest BCUT2D eigenvalue weighted by Crippen LogP contribution is 2.24. The van der Waals surface area contributed by atoms with Crippen LogP contribution in [0.3, 0.4) is 0 Å². The molecule has 4 rings (SSSR count). The highest BCUT2D eigenvalue weighted by atomic mass is 16.5. The Labute approximate surface area is 158 Å². The molecule has 2 aromatic carbocycles. The van der Waals surface area contributed by atoms with Gasteiger partial charge in [-0.25, -0.2) is 4.98 Å². The summed E-state index contributed by atoms with van der Waals surface area (Å²) in [5, 5.41) is 3.04. The van der Waals surface area contributed by atoms with Crippen LogP contribution in [0.2, 0.25) is 0 Å². The van der Waals surface area contributed by atoms with Gasteiger partial charge in [-0.15, -0.1) is 0 Å². The van der Waals surface area contributed by atoms with Crippen LogP contribution < -0.4 is 15.0 Å². The van der Waals surface area contributed by atoms with Gasteiger partial charge in [0.2, 0.25) is 0 Å². The average Bonchev–Trinajstić information content (AvgIpc) is 2.74. The van der Waals surface area contributed by atoms with Gasteiger partial charge in [0, 0.05) is 18.9 Å². The number of carbonyl (C=O) groups excluding carboxylic acids is 1. The molecule has 0 aliphatic carbocycles. The van der Waals surface area contributed by atoms with E-state index in [0.29, 0.717) is 12.2 Å². The number of anilines is 2. The predicted molar refractivity (Wildman–Crippen MR) is 106 cm³/mol. The third-order valence-electron chi connectivity index (χ3n) is 4.71. The first kappa shape index (κ1) is 17.1. The monoisotopic (exact) mass is 359 g/mol. The van der Waals surface area contributed by atoms with Crippen molar-refractivity contribution in [3.63, 3.8) is 0 Å². The Kier molecular flexibility index (Phi) is 4.75. The Morgan fingerprint density at radius 3 is 2.63 bits per heavy atom. The van der Waals surface area contributed by atoms with Crippen LogP contribution >= 0.6 is 0 Å². The van der Waals surface area contributed by atoms with E-state index in [0.717, 1.165) is 29.2 Å². The normalized spacial score (nSPS) is 15.4. The molecule has 0 saturated heterocycles. The van der Waals surface area contributed by atoms with Crippen LogP contribution in [0.1, 0.15) is 15.9 Å². The first-order chi connectivity index (χ1) is 13.2. The van der Waals surface area contributed by atoms with Gasteiger partial charge in [-0.3, -0.25) is 4.79 Å².